The highest BCUT2D eigenvalue weighted by atomic mass is 35.5. The molecule has 0 radical (unpaired) electrons. The van der Waals surface area contributed by atoms with Crippen molar-refractivity contribution in [2.24, 2.45) is 0 Å². The van der Waals surface area contributed by atoms with E-state index in [0.717, 1.165) is 40.2 Å². The molecule has 0 saturated carbocycles. The van der Waals surface area contributed by atoms with Crippen LogP contribution in [-0.4, -0.2) is 23.0 Å². The van der Waals surface area contributed by atoms with E-state index in [-0.39, 0.29) is 12.1 Å². The molecule has 4 nitrogen and oxygen atoms in total. The fraction of sp³-hybridized carbons (Fsp3) is 0.333. The minimum Gasteiger partial charge on any atom is -0.331 e. The molecular formula is C18H20ClN3O. The van der Waals surface area contributed by atoms with E-state index in [1.165, 1.54) is 0 Å². The van der Waals surface area contributed by atoms with E-state index >= 15 is 0 Å². The maximum atomic E-state index is 12.4. The maximum absolute atomic E-state index is 12.4. The van der Waals surface area contributed by atoms with Crippen LogP contribution in [0.5, 0.6) is 0 Å². The van der Waals surface area contributed by atoms with Gasteiger partial charge in [0.2, 0.25) is 0 Å². The molecule has 1 N–H and O–H groups in total. The predicted molar refractivity (Wildman–Crippen MR) is 91.5 cm³/mol. The van der Waals surface area contributed by atoms with E-state index in [4.69, 9.17) is 11.6 Å². The summed E-state index contributed by atoms with van der Waals surface area (Å²) in [6, 6.07) is 9.77. The van der Waals surface area contributed by atoms with Crippen LogP contribution < -0.4 is 5.32 Å². The number of urea groups is 1. The summed E-state index contributed by atoms with van der Waals surface area (Å²) in [5.41, 5.74) is 4.28. The van der Waals surface area contributed by atoms with Crippen molar-refractivity contribution in [3.05, 3.63) is 63.9 Å². The molecule has 1 heterocycles. The summed E-state index contributed by atoms with van der Waals surface area (Å²) in [6.45, 7) is 2.48. The first-order chi connectivity index (χ1) is 11.0. The van der Waals surface area contributed by atoms with Crippen molar-refractivity contribution in [1.29, 1.82) is 0 Å². The highest BCUT2D eigenvalue weighted by molar-refractivity contribution is 6.31. The van der Waals surface area contributed by atoms with E-state index in [2.05, 4.69) is 10.3 Å². The lowest BCUT2D eigenvalue weighted by atomic mass is 10.1. The molecule has 0 spiro atoms. The predicted octanol–water partition coefficient (Wildman–Crippen LogP) is 3.87. The van der Waals surface area contributed by atoms with Crippen LogP contribution in [0.2, 0.25) is 5.02 Å². The summed E-state index contributed by atoms with van der Waals surface area (Å²) in [5.74, 6) is 0. The molecule has 1 aromatic carbocycles. The van der Waals surface area contributed by atoms with Gasteiger partial charge < -0.3 is 10.2 Å². The lowest BCUT2D eigenvalue weighted by molar-refractivity contribution is 0.202. The van der Waals surface area contributed by atoms with Gasteiger partial charge in [0.15, 0.2) is 0 Å². The topological polar surface area (TPSA) is 45.2 Å². The van der Waals surface area contributed by atoms with Gasteiger partial charge in [-0.05, 0) is 48.6 Å². The molecule has 0 unspecified atom stereocenters. The smallest absolute Gasteiger partial charge is 0.317 e. The van der Waals surface area contributed by atoms with Gasteiger partial charge in [-0.2, -0.15) is 0 Å². The molecule has 0 aliphatic heterocycles. The van der Waals surface area contributed by atoms with Gasteiger partial charge in [0.05, 0.1) is 18.3 Å². The fourth-order valence-corrected chi connectivity index (χ4v) is 3.20. The molecule has 2 amide bonds. The van der Waals surface area contributed by atoms with Crippen LogP contribution >= 0.6 is 11.6 Å². The first-order valence-corrected chi connectivity index (χ1v) is 8.13. The van der Waals surface area contributed by atoms with Crippen LogP contribution in [0.4, 0.5) is 4.79 Å². The molecule has 1 aromatic heterocycles. The second-order valence-corrected chi connectivity index (χ2v) is 6.44. The SMILES string of the molecule is Cc1ccc(CN(C)C(=O)N[C@H]2CCc3c(Cl)cccc32)nc1. The molecule has 5 heteroatoms. The molecule has 0 fully saturated rings. The third kappa shape index (κ3) is 3.48. The lowest BCUT2D eigenvalue weighted by Gasteiger charge is -2.21. The average Bonchev–Trinajstić information content (AvgIpc) is 2.94. The van der Waals surface area contributed by atoms with Crippen molar-refractivity contribution < 1.29 is 4.79 Å². The molecule has 3 rings (SSSR count). The van der Waals surface area contributed by atoms with Crippen molar-refractivity contribution in [3.63, 3.8) is 0 Å². The van der Waals surface area contributed by atoms with Crippen LogP contribution in [0.3, 0.4) is 0 Å². The second-order valence-electron chi connectivity index (χ2n) is 6.03. The summed E-state index contributed by atoms with van der Waals surface area (Å²) < 4.78 is 0. The third-order valence-electron chi connectivity index (χ3n) is 4.23. The normalized spacial score (nSPS) is 16.0. The number of benzene rings is 1. The summed E-state index contributed by atoms with van der Waals surface area (Å²) in [5, 5.41) is 3.88. The fourth-order valence-electron chi connectivity index (χ4n) is 2.93. The maximum Gasteiger partial charge on any atom is 0.317 e. The zero-order valence-corrected chi connectivity index (χ0v) is 14.1. The third-order valence-corrected chi connectivity index (χ3v) is 4.58. The number of pyridine rings is 1. The lowest BCUT2D eigenvalue weighted by Crippen LogP contribution is -2.38. The van der Waals surface area contributed by atoms with Crippen LogP contribution in [0.1, 0.15) is 34.8 Å². The molecular weight excluding hydrogens is 310 g/mol. The van der Waals surface area contributed by atoms with Gasteiger partial charge in [-0.15, -0.1) is 0 Å². The minimum absolute atomic E-state index is 0.0321. The number of fused-ring (bicyclic) bond motifs is 1. The molecule has 0 saturated heterocycles. The van der Waals surface area contributed by atoms with Gasteiger partial charge in [0.1, 0.15) is 0 Å². The number of nitrogens with zero attached hydrogens (tertiary/aromatic N) is 2. The molecule has 1 atom stereocenters. The summed E-state index contributed by atoms with van der Waals surface area (Å²) >= 11 is 6.22. The van der Waals surface area contributed by atoms with Crippen LogP contribution in [0.25, 0.3) is 0 Å². The van der Waals surface area contributed by atoms with E-state index < -0.39 is 0 Å². The summed E-state index contributed by atoms with van der Waals surface area (Å²) in [7, 11) is 1.78. The van der Waals surface area contributed by atoms with Gasteiger partial charge in [0, 0.05) is 18.3 Å². The van der Waals surface area contributed by atoms with E-state index in [9.17, 15) is 4.79 Å². The molecule has 2 aromatic rings. The Balaban J connectivity index is 1.64. The Bertz CT molecular complexity index is 715. The Morgan fingerprint density at radius 1 is 1.39 bits per heavy atom. The number of halogens is 1. The van der Waals surface area contributed by atoms with Crippen molar-refractivity contribution in [1.82, 2.24) is 15.2 Å². The first kappa shape index (κ1) is 15.8. The Labute approximate surface area is 141 Å². The van der Waals surface area contributed by atoms with Crippen LogP contribution in [0.15, 0.2) is 36.5 Å². The Morgan fingerprint density at radius 2 is 2.22 bits per heavy atom. The van der Waals surface area contributed by atoms with E-state index in [1.807, 2.05) is 43.5 Å². The monoisotopic (exact) mass is 329 g/mol. The first-order valence-electron chi connectivity index (χ1n) is 7.75. The van der Waals surface area contributed by atoms with Crippen LogP contribution in [0, 0.1) is 6.92 Å². The number of aryl methyl sites for hydroxylation is 1. The molecule has 120 valence electrons. The van der Waals surface area contributed by atoms with Crippen molar-refractivity contribution in [2.75, 3.05) is 7.05 Å². The molecule has 0 bridgehead atoms. The largest absolute Gasteiger partial charge is 0.331 e. The average molecular weight is 330 g/mol. The number of hydrogen-bond acceptors (Lipinski definition) is 2. The molecule has 1 aliphatic rings. The molecule has 1 aliphatic carbocycles. The Kier molecular flexibility index (Phi) is 4.53. The summed E-state index contributed by atoms with van der Waals surface area (Å²) in [6.07, 6.45) is 3.61. The Morgan fingerprint density at radius 3 is 2.96 bits per heavy atom. The van der Waals surface area contributed by atoms with Crippen LogP contribution in [-0.2, 0) is 13.0 Å². The number of carbonyl (C=O) groups excluding carboxylic acids is 1. The van der Waals surface area contributed by atoms with Gasteiger partial charge in [-0.1, -0.05) is 29.8 Å². The summed E-state index contributed by atoms with van der Waals surface area (Å²) in [4.78, 5) is 18.4. The zero-order valence-electron chi connectivity index (χ0n) is 13.3. The number of carbonyl (C=O) groups is 1. The van der Waals surface area contributed by atoms with Crippen molar-refractivity contribution >= 4 is 17.6 Å². The Hall–Kier alpha value is -2.07. The quantitative estimate of drug-likeness (QED) is 0.929. The highest BCUT2D eigenvalue weighted by Crippen LogP contribution is 2.35. The van der Waals surface area contributed by atoms with Gasteiger partial charge in [-0.25, -0.2) is 4.79 Å². The number of aromatic nitrogens is 1. The second kappa shape index (κ2) is 6.59. The number of nitrogens with one attached hydrogen (secondary N) is 1. The van der Waals surface area contributed by atoms with Crippen molar-refractivity contribution in [3.8, 4) is 0 Å². The van der Waals surface area contributed by atoms with Crippen molar-refractivity contribution in [2.45, 2.75) is 32.4 Å². The standard InChI is InChI=1S/C18H20ClN3O/c1-12-6-7-13(20-10-12)11-22(2)18(23)21-17-9-8-14-15(17)4-3-5-16(14)19/h3-7,10,17H,8-9,11H2,1-2H3,(H,21,23)/t17-/m0/s1. The van der Waals surface area contributed by atoms with Gasteiger partial charge in [0.25, 0.3) is 0 Å². The number of hydrogen-bond donors (Lipinski definition) is 1. The highest BCUT2D eigenvalue weighted by Gasteiger charge is 2.26. The minimum atomic E-state index is -0.0924. The van der Waals surface area contributed by atoms with Gasteiger partial charge in [-0.3, -0.25) is 4.98 Å². The van der Waals surface area contributed by atoms with E-state index in [1.54, 1.807) is 11.9 Å². The number of rotatable bonds is 3. The van der Waals surface area contributed by atoms with E-state index in [0.29, 0.717) is 6.54 Å². The molecule has 23 heavy (non-hydrogen) atoms. The zero-order chi connectivity index (χ0) is 16.4. The van der Waals surface area contributed by atoms with Gasteiger partial charge >= 0.3 is 6.03 Å². The number of amides is 2.